The minimum Gasteiger partial charge on any atom is -0.252 e. The minimum absolute atomic E-state index is 0. The second-order valence-electron chi connectivity index (χ2n) is 1.54. The predicted molar refractivity (Wildman–Crippen MR) is 42.6 cm³/mol. The summed E-state index contributed by atoms with van der Waals surface area (Å²) in [5.41, 5.74) is 0. The van der Waals surface area contributed by atoms with Crippen molar-refractivity contribution in [2.45, 2.75) is 26.2 Å². The maximum Gasteiger partial charge on any atom is 0.0819 e. The van der Waals surface area contributed by atoms with Crippen molar-refractivity contribution in [1.29, 1.82) is 0 Å². The van der Waals surface area contributed by atoms with E-state index in [0.29, 0.717) is 6.61 Å². The molecule has 0 amide bonds. The average Bonchev–Trinajstić information content (AvgIpc) is 1.69. The Morgan fingerprint density at radius 3 is 2.11 bits per heavy atom. The number of unbranched alkanes of at least 4 members (excludes halogenated alkanes) is 2. The van der Waals surface area contributed by atoms with Crippen molar-refractivity contribution < 1.29 is 10.1 Å². The van der Waals surface area contributed by atoms with Crippen LogP contribution in [-0.2, 0) is 4.89 Å². The van der Waals surface area contributed by atoms with Gasteiger partial charge < -0.3 is 0 Å². The molecule has 0 aliphatic rings. The molecule has 0 unspecified atom stereocenters. The number of halogens is 2. The summed E-state index contributed by atoms with van der Waals surface area (Å²) in [7, 11) is 0. The fourth-order valence-corrected chi connectivity index (χ4v) is 0.417. The van der Waals surface area contributed by atoms with Crippen LogP contribution in [0.3, 0.4) is 0 Å². The molecule has 0 atom stereocenters. The fourth-order valence-electron chi connectivity index (χ4n) is 0.417. The van der Waals surface area contributed by atoms with Gasteiger partial charge in [0, 0.05) is 0 Å². The van der Waals surface area contributed by atoms with E-state index in [1.807, 2.05) is 0 Å². The van der Waals surface area contributed by atoms with Crippen LogP contribution in [0.25, 0.3) is 0 Å². The Balaban J connectivity index is -0.000000180. The van der Waals surface area contributed by atoms with E-state index in [2.05, 4.69) is 11.8 Å². The molecular weight excluding hydrogens is 163 g/mol. The summed E-state index contributed by atoms with van der Waals surface area (Å²) in [5, 5.41) is 7.79. The van der Waals surface area contributed by atoms with E-state index < -0.39 is 0 Å². The molecule has 2 nitrogen and oxygen atoms in total. The lowest BCUT2D eigenvalue weighted by Crippen LogP contribution is -1.86. The summed E-state index contributed by atoms with van der Waals surface area (Å²) >= 11 is 0. The predicted octanol–water partition coefficient (Wildman–Crippen LogP) is 2.51. The SMILES string of the molecule is CCCCCOO.Cl.Cl. The second-order valence-corrected chi connectivity index (χ2v) is 1.54. The Morgan fingerprint density at radius 1 is 1.22 bits per heavy atom. The van der Waals surface area contributed by atoms with Crippen LogP contribution in [0, 0.1) is 0 Å². The molecule has 0 radical (unpaired) electrons. The van der Waals surface area contributed by atoms with Crippen LogP contribution in [0.4, 0.5) is 0 Å². The van der Waals surface area contributed by atoms with E-state index in [1.165, 1.54) is 6.42 Å². The third kappa shape index (κ3) is 17.7. The van der Waals surface area contributed by atoms with Gasteiger partial charge in [-0.25, -0.2) is 4.89 Å². The first-order valence-electron chi connectivity index (χ1n) is 2.68. The smallest absolute Gasteiger partial charge is 0.0819 e. The first-order valence-corrected chi connectivity index (χ1v) is 2.68. The van der Waals surface area contributed by atoms with Gasteiger partial charge in [0.1, 0.15) is 0 Å². The Morgan fingerprint density at radius 2 is 1.78 bits per heavy atom. The molecule has 0 aliphatic heterocycles. The van der Waals surface area contributed by atoms with Crippen molar-refractivity contribution in [3.63, 3.8) is 0 Å². The highest BCUT2D eigenvalue weighted by molar-refractivity contribution is 5.85. The van der Waals surface area contributed by atoms with Crippen molar-refractivity contribution in [1.82, 2.24) is 0 Å². The van der Waals surface area contributed by atoms with E-state index in [9.17, 15) is 0 Å². The number of hydrogen-bond donors (Lipinski definition) is 1. The van der Waals surface area contributed by atoms with Crippen LogP contribution < -0.4 is 0 Å². The standard InChI is InChI=1S/C5H12O2.2ClH/c1-2-3-4-5-7-6;;/h6H,2-5H2,1H3;2*1H. The van der Waals surface area contributed by atoms with Gasteiger partial charge in [-0.3, -0.25) is 5.26 Å². The summed E-state index contributed by atoms with van der Waals surface area (Å²) in [6.07, 6.45) is 3.27. The summed E-state index contributed by atoms with van der Waals surface area (Å²) < 4.78 is 0. The molecule has 4 heteroatoms. The third-order valence-corrected chi connectivity index (χ3v) is 0.839. The Bertz CT molecular complexity index is 32.1. The maximum atomic E-state index is 7.79. The van der Waals surface area contributed by atoms with Crippen molar-refractivity contribution in [2.24, 2.45) is 0 Å². The van der Waals surface area contributed by atoms with Gasteiger partial charge >= 0.3 is 0 Å². The molecule has 1 N–H and O–H groups in total. The Labute approximate surface area is 68.3 Å². The largest absolute Gasteiger partial charge is 0.252 e. The molecule has 0 spiro atoms. The molecule has 9 heavy (non-hydrogen) atoms. The van der Waals surface area contributed by atoms with E-state index >= 15 is 0 Å². The van der Waals surface area contributed by atoms with Crippen LogP contribution in [0.15, 0.2) is 0 Å². The molecule has 0 aromatic heterocycles. The molecule has 0 aromatic rings. The third-order valence-electron chi connectivity index (χ3n) is 0.839. The zero-order valence-electron chi connectivity index (χ0n) is 5.50. The molecule has 0 fully saturated rings. The van der Waals surface area contributed by atoms with Gasteiger partial charge in [-0.1, -0.05) is 19.8 Å². The lowest BCUT2D eigenvalue weighted by atomic mass is 10.3. The van der Waals surface area contributed by atoms with Crippen molar-refractivity contribution in [2.75, 3.05) is 6.61 Å². The highest BCUT2D eigenvalue weighted by atomic mass is 35.5. The van der Waals surface area contributed by atoms with Crippen LogP contribution in [0.2, 0.25) is 0 Å². The summed E-state index contributed by atoms with van der Waals surface area (Å²) in [5.74, 6) is 0. The quantitative estimate of drug-likeness (QED) is 0.406. The van der Waals surface area contributed by atoms with Crippen LogP contribution in [0.5, 0.6) is 0 Å². The first-order chi connectivity index (χ1) is 3.41. The molecule has 0 aromatic carbocycles. The van der Waals surface area contributed by atoms with Crippen LogP contribution >= 0.6 is 24.8 Å². The highest BCUT2D eigenvalue weighted by Crippen LogP contribution is 1.91. The zero-order chi connectivity index (χ0) is 5.54. The zero-order valence-corrected chi connectivity index (χ0v) is 7.13. The lowest BCUT2D eigenvalue weighted by molar-refractivity contribution is -0.242. The maximum absolute atomic E-state index is 7.79. The average molecular weight is 177 g/mol. The molecule has 0 bridgehead atoms. The molecule has 60 valence electrons. The molecule has 0 heterocycles. The molecule has 0 saturated carbocycles. The molecule has 0 aliphatic carbocycles. The van der Waals surface area contributed by atoms with Crippen molar-refractivity contribution >= 4 is 24.8 Å². The van der Waals surface area contributed by atoms with Gasteiger partial charge in [0.15, 0.2) is 0 Å². The summed E-state index contributed by atoms with van der Waals surface area (Å²) in [4.78, 5) is 3.84. The number of rotatable bonds is 4. The Hall–Kier alpha value is 0.500. The monoisotopic (exact) mass is 176 g/mol. The van der Waals surface area contributed by atoms with Crippen molar-refractivity contribution in [3.05, 3.63) is 0 Å². The van der Waals surface area contributed by atoms with E-state index in [1.54, 1.807) is 0 Å². The van der Waals surface area contributed by atoms with Crippen molar-refractivity contribution in [3.8, 4) is 0 Å². The number of hydrogen-bond acceptors (Lipinski definition) is 2. The van der Waals surface area contributed by atoms with Gasteiger partial charge in [0.2, 0.25) is 0 Å². The van der Waals surface area contributed by atoms with Gasteiger partial charge in [-0.2, -0.15) is 0 Å². The molecule has 0 rings (SSSR count). The van der Waals surface area contributed by atoms with E-state index in [0.717, 1.165) is 12.8 Å². The van der Waals surface area contributed by atoms with Crippen LogP contribution in [-0.4, -0.2) is 11.9 Å². The van der Waals surface area contributed by atoms with E-state index in [4.69, 9.17) is 5.26 Å². The first kappa shape index (κ1) is 16.2. The fraction of sp³-hybridized carbons (Fsp3) is 1.00. The summed E-state index contributed by atoms with van der Waals surface area (Å²) in [6.45, 7) is 2.59. The van der Waals surface area contributed by atoms with Gasteiger partial charge in [-0.05, 0) is 6.42 Å². The van der Waals surface area contributed by atoms with Gasteiger partial charge in [0.25, 0.3) is 0 Å². The summed E-state index contributed by atoms with van der Waals surface area (Å²) in [6, 6.07) is 0. The Kier molecular flexibility index (Phi) is 28.5. The molecular formula is C5H14Cl2O2. The normalized spacial score (nSPS) is 7.33. The van der Waals surface area contributed by atoms with Gasteiger partial charge in [0.05, 0.1) is 6.61 Å². The minimum atomic E-state index is 0. The highest BCUT2D eigenvalue weighted by Gasteiger charge is 1.81. The topological polar surface area (TPSA) is 29.5 Å². The van der Waals surface area contributed by atoms with Crippen LogP contribution in [0.1, 0.15) is 26.2 Å². The molecule has 0 saturated heterocycles. The second kappa shape index (κ2) is 15.8. The van der Waals surface area contributed by atoms with E-state index in [-0.39, 0.29) is 24.8 Å². The van der Waals surface area contributed by atoms with Gasteiger partial charge in [-0.15, -0.1) is 24.8 Å². The lowest BCUT2D eigenvalue weighted by Gasteiger charge is -1.90.